The summed E-state index contributed by atoms with van der Waals surface area (Å²) in [6, 6.07) is 12.0. The third-order valence-electron chi connectivity index (χ3n) is 4.42. The second-order valence-electron chi connectivity index (χ2n) is 6.65. The minimum atomic E-state index is -4.47. The van der Waals surface area contributed by atoms with Gasteiger partial charge in [-0.3, -0.25) is 4.79 Å². The number of hydrogen-bond donors (Lipinski definition) is 1. The van der Waals surface area contributed by atoms with Crippen LogP contribution >= 0.6 is 0 Å². The Hall–Kier alpha value is -3.16. The number of carbonyl (C=O) groups is 1. The number of carbonyl (C=O) groups excluding carboxylic acids is 1. The predicted octanol–water partition coefficient (Wildman–Crippen LogP) is 4.74. The first kappa shape index (κ1) is 20.6. The molecule has 8 heteroatoms. The van der Waals surface area contributed by atoms with Crippen LogP contribution in [0.4, 0.5) is 13.2 Å². The van der Waals surface area contributed by atoms with Gasteiger partial charge in [0.1, 0.15) is 6.04 Å². The van der Waals surface area contributed by atoms with E-state index < -0.39 is 17.8 Å². The zero-order valence-corrected chi connectivity index (χ0v) is 16.0. The summed E-state index contributed by atoms with van der Waals surface area (Å²) in [4.78, 5) is 11.6. The van der Waals surface area contributed by atoms with Crippen molar-refractivity contribution in [1.82, 2.24) is 15.5 Å². The van der Waals surface area contributed by atoms with Gasteiger partial charge in [-0.05, 0) is 35.7 Å². The van der Waals surface area contributed by atoms with E-state index in [1.807, 2.05) is 24.3 Å². The topological polar surface area (TPSA) is 68.0 Å². The van der Waals surface area contributed by atoms with E-state index >= 15 is 0 Å². The number of halogens is 3. The Morgan fingerprint density at radius 3 is 2.41 bits per heavy atom. The van der Waals surface area contributed by atoms with Crippen molar-refractivity contribution in [2.24, 2.45) is 0 Å². The van der Waals surface area contributed by atoms with Crippen LogP contribution in [0, 0.1) is 0 Å². The molecule has 29 heavy (non-hydrogen) atoms. The van der Waals surface area contributed by atoms with Crippen LogP contribution in [0.1, 0.15) is 42.5 Å². The molecule has 5 nitrogen and oxygen atoms in total. The molecule has 0 aliphatic heterocycles. The number of rotatable bonds is 6. The van der Waals surface area contributed by atoms with E-state index in [1.165, 1.54) is 24.6 Å². The highest BCUT2D eigenvalue weighted by Gasteiger charge is 2.31. The lowest BCUT2D eigenvalue weighted by Crippen LogP contribution is -2.28. The fourth-order valence-corrected chi connectivity index (χ4v) is 2.91. The normalized spacial score (nSPS) is 12.6. The highest BCUT2D eigenvalue weighted by Crippen LogP contribution is 2.32. The summed E-state index contributed by atoms with van der Waals surface area (Å²) in [6.45, 7) is 3.43. The van der Waals surface area contributed by atoms with Crippen LogP contribution in [0.2, 0.25) is 0 Å². The first-order valence-corrected chi connectivity index (χ1v) is 9.12. The maximum Gasteiger partial charge on any atom is 0.416 e. The van der Waals surface area contributed by atoms with Crippen molar-refractivity contribution in [3.8, 4) is 11.5 Å². The van der Waals surface area contributed by atoms with Crippen molar-refractivity contribution in [3.05, 3.63) is 71.1 Å². The Bertz CT molecular complexity index is 981. The second kappa shape index (κ2) is 8.46. The van der Waals surface area contributed by atoms with E-state index in [9.17, 15) is 18.0 Å². The fraction of sp³-hybridized carbons (Fsp3) is 0.286. The summed E-state index contributed by atoms with van der Waals surface area (Å²) in [6.07, 6.45) is -3.14. The molecule has 0 saturated carbocycles. The van der Waals surface area contributed by atoms with Crippen LogP contribution in [0.25, 0.3) is 11.5 Å². The third kappa shape index (κ3) is 5.22. The molecule has 0 fully saturated rings. The van der Waals surface area contributed by atoms with Gasteiger partial charge in [0, 0.05) is 18.9 Å². The largest absolute Gasteiger partial charge is 0.418 e. The van der Waals surface area contributed by atoms with Gasteiger partial charge in [-0.15, -0.1) is 10.2 Å². The zero-order chi connectivity index (χ0) is 21.0. The molecule has 0 radical (unpaired) electrons. The van der Waals surface area contributed by atoms with E-state index in [0.717, 1.165) is 24.1 Å². The smallest absolute Gasteiger partial charge is 0.416 e. The van der Waals surface area contributed by atoms with Crippen molar-refractivity contribution in [2.45, 2.75) is 38.9 Å². The van der Waals surface area contributed by atoms with Crippen LogP contribution in [-0.2, 0) is 23.8 Å². The van der Waals surface area contributed by atoms with E-state index in [-0.39, 0.29) is 23.3 Å². The minimum absolute atomic E-state index is 0.0391. The summed E-state index contributed by atoms with van der Waals surface area (Å²) in [5.41, 5.74) is 1.51. The van der Waals surface area contributed by atoms with Crippen molar-refractivity contribution in [2.75, 3.05) is 0 Å². The number of benzene rings is 2. The van der Waals surface area contributed by atoms with Gasteiger partial charge in [-0.25, -0.2) is 0 Å². The molecule has 1 N–H and O–H groups in total. The van der Waals surface area contributed by atoms with Crippen LogP contribution in [0.15, 0.2) is 52.9 Å². The molecule has 3 rings (SSSR count). The zero-order valence-electron chi connectivity index (χ0n) is 16.0. The highest BCUT2D eigenvalue weighted by molar-refractivity contribution is 5.73. The molecule has 1 amide bonds. The summed E-state index contributed by atoms with van der Waals surface area (Å²) < 4.78 is 44.4. The Kier molecular flexibility index (Phi) is 6.00. The highest BCUT2D eigenvalue weighted by atomic mass is 19.4. The maximum atomic E-state index is 12.9. The molecule has 0 aliphatic rings. The van der Waals surface area contributed by atoms with Gasteiger partial charge in [0.15, 0.2) is 0 Å². The minimum Gasteiger partial charge on any atom is -0.418 e. The quantitative estimate of drug-likeness (QED) is 0.646. The first-order chi connectivity index (χ1) is 13.8. The van der Waals surface area contributed by atoms with Gasteiger partial charge in [0.25, 0.3) is 0 Å². The lowest BCUT2D eigenvalue weighted by molar-refractivity contribution is -0.137. The Balaban J connectivity index is 1.86. The lowest BCUT2D eigenvalue weighted by Gasteiger charge is -2.14. The number of nitrogens with one attached hydrogen (secondary N) is 1. The molecule has 1 unspecified atom stereocenters. The Labute approximate surface area is 166 Å². The van der Waals surface area contributed by atoms with E-state index in [4.69, 9.17) is 4.42 Å². The van der Waals surface area contributed by atoms with E-state index in [1.54, 1.807) is 0 Å². The molecule has 0 saturated heterocycles. The number of alkyl halides is 3. The average molecular weight is 403 g/mol. The number of amides is 1. The number of nitrogens with zero attached hydrogens (tertiary/aromatic N) is 2. The first-order valence-electron chi connectivity index (χ1n) is 9.12. The van der Waals surface area contributed by atoms with Crippen molar-refractivity contribution in [3.63, 3.8) is 0 Å². The second-order valence-corrected chi connectivity index (χ2v) is 6.65. The van der Waals surface area contributed by atoms with Gasteiger partial charge in [0.2, 0.25) is 17.7 Å². The third-order valence-corrected chi connectivity index (χ3v) is 4.42. The van der Waals surface area contributed by atoms with Gasteiger partial charge >= 0.3 is 6.18 Å². The molecule has 0 bridgehead atoms. The monoisotopic (exact) mass is 403 g/mol. The van der Waals surface area contributed by atoms with E-state index in [2.05, 4.69) is 22.4 Å². The van der Waals surface area contributed by atoms with E-state index in [0.29, 0.717) is 6.42 Å². The fourth-order valence-electron chi connectivity index (χ4n) is 2.91. The van der Waals surface area contributed by atoms with Crippen molar-refractivity contribution >= 4 is 5.91 Å². The number of aryl methyl sites for hydroxylation is 1. The molecule has 0 spiro atoms. The molecule has 1 heterocycles. The molecule has 152 valence electrons. The van der Waals surface area contributed by atoms with Gasteiger partial charge in [0.05, 0.1) is 5.56 Å². The molecule has 2 aromatic carbocycles. The molecule has 1 aromatic heterocycles. The summed E-state index contributed by atoms with van der Waals surface area (Å²) in [5.74, 6) is -0.186. The number of hydrogen-bond acceptors (Lipinski definition) is 4. The standard InChI is InChI=1S/C21H20F3N3O2/c1-3-14-7-9-15(10-8-14)11-18(25-13(2)28)20-27-26-19(29-20)16-5-4-6-17(12-16)21(22,23)24/h4-10,12,18H,3,11H2,1-2H3,(H,25,28). The van der Waals surface area contributed by atoms with Crippen molar-refractivity contribution < 1.29 is 22.4 Å². The van der Waals surface area contributed by atoms with Gasteiger partial charge < -0.3 is 9.73 Å². The lowest BCUT2D eigenvalue weighted by atomic mass is 10.0. The summed E-state index contributed by atoms with van der Waals surface area (Å²) in [7, 11) is 0. The maximum absolute atomic E-state index is 12.9. The van der Waals surface area contributed by atoms with Gasteiger partial charge in [-0.1, -0.05) is 37.3 Å². The number of aromatic nitrogens is 2. The molecular formula is C21H20F3N3O2. The molecule has 0 aliphatic carbocycles. The Morgan fingerprint density at radius 2 is 1.79 bits per heavy atom. The van der Waals surface area contributed by atoms with Crippen LogP contribution < -0.4 is 5.32 Å². The van der Waals surface area contributed by atoms with Crippen LogP contribution in [0.3, 0.4) is 0 Å². The van der Waals surface area contributed by atoms with Gasteiger partial charge in [-0.2, -0.15) is 13.2 Å². The molecule has 1 atom stereocenters. The van der Waals surface area contributed by atoms with Crippen LogP contribution in [-0.4, -0.2) is 16.1 Å². The average Bonchev–Trinajstić information content (AvgIpc) is 3.17. The van der Waals surface area contributed by atoms with Crippen molar-refractivity contribution in [1.29, 1.82) is 0 Å². The van der Waals surface area contributed by atoms with Crippen LogP contribution in [0.5, 0.6) is 0 Å². The molecular weight excluding hydrogens is 383 g/mol. The SMILES string of the molecule is CCc1ccc(CC(NC(C)=O)c2nnc(-c3cccc(C(F)(F)F)c3)o2)cc1. The predicted molar refractivity (Wildman–Crippen MR) is 101 cm³/mol. The summed E-state index contributed by atoms with van der Waals surface area (Å²) >= 11 is 0. The molecule has 3 aromatic rings. The Morgan fingerprint density at radius 1 is 1.10 bits per heavy atom. The summed E-state index contributed by atoms with van der Waals surface area (Å²) in [5, 5.41) is 10.6.